The number of furan rings is 2. The Morgan fingerprint density at radius 1 is 0.538 bits per heavy atom. The summed E-state index contributed by atoms with van der Waals surface area (Å²) in [5.74, 6) is 0. The van der Waals surface area contributed by atoms with E-state index in [0.717, 1.165) is 66.6 Å². The summed E-state index contributed by atoms with van der Waals surface area (Å²) in [6, 6.07) is 35.0. The Morgan fingerprint density at radius 2 is 1.00 bits per heavy atom. The minimum atomic E-state index is 0. The van der Waals surface area contributed by atoms with Crippen LogP contribution in [0.2, 0.25) is 0 Å². The molecule has 0 radical (unpaired) electrons. The van der Waals surface area contributed by atoms with E-state index >= 15 is 0 Å². The average molecular weight is 686 g/mol. The summed E-state index contributed by atoms with van der Waals surface area (Å²) in [4.78, 5) is 0. The number of imidazole rings is 2. The molecule has 7 heteroatoms. The molecule has 0 fully saturated rings. The first-order chi connectivity index (χ1) is 18.8. The minimum Gasteiger partial charge on any atom is -0.511 e. The Balaban J connectivity index is 0.00000235. The van der Waals surface area contributed by atoms with Crippen LogP contribution in [0.25, 0.3) is 66.6 Å². The molecular formula is C32H18N4O2Pt. The van der Waals surface area contributed by atoms with Gasteiger partial charge in [-0.1, -0.05) is 70.9 Å². The van der Waals surface area contributed by atoms with Crippen LogP contribution in [0, 0.1) is 12.1 Å². The molecule has 0 unspecified atom stereocenters. The number of hydrogen-bond donors (Lipinski definition) is 0. The maximum atomic E-state index is 6.10. The van der Waals surface area contributed by atoms with Gasteiger partial charge in [0, 0.05) is 23.8 Å². The van der Waals surface area contributed by atoms with Gasteiger partial charge in [-0.3, -0.25) is 0 Å². The summed E-state index contributed by atoms with van der Waals surface area (Å²) >= 11 is 0. The molecule has 188 valence electrons. The van der Waals surface area contributed by atoms with Crippen molar-refractivity contribution < 1.29 is 29.9 Å². The van der Waals surface area contributed by atoms with Gasteiger partial charge in [0.2, 0.25) is 0 Å². The zero-order valence-electron chi connectivity index (χ0n) is 20.3. The SMILES string of the molecule is [Pt+4].[c-]1cccc2oc3cccc(-n4cc5ccc6cn(-c7cccc8oc9ccc[c-]c9c78)[cH-]n-6n-5[cH-]4)c3c12. The molecule has 0 aliphatic carbocycles. The van der Waals surface area contributed by atoms with Gasteiger partial charge in [-0.05, 0) is 23.5 Å². The van der Waals surface area contributed by atoms with Gasteiger partial charge in [0.15, 0.2) is 0 Å². The van der Waals surface area contributed by atoms with Gasteiger partial charge in [0.25, 0.3) is 0 Å². The third-order valence-electron chi connectivity index (χ3n) is 7.34. The van der Waals surface area contributed by atoms with Crippen LogP contribution < -0.4 is 0 Å². The Bertz CT molecular complexity index is 2110. The summed E-state index contributed by atoms with van der Waals surface area (Å²) < 4.78 is 20.8. The van der Waals surface area contributed by atoms with Crippen molar-refractivity contribution in [2.75, 3.05) is 0 Å². The van der Waals surface area contributed by atoms with Gasteiger partial charge in [0.05, 0.1) is 11.2 Å². The molecule has 2 aromatic heterocycles. The van der Waals surface area contributed by atoms with Crippen LogP contribution in [0.4, 0.5) is 0 Å². The molecule has 4 aromatic carbocycles. The van der Waals surface area contributed by atoms with E-state index in [2.05, 4.69) is 79.9 Å². The molecule has 6 nitrogen and oxygen atoms in total. The standard InChI is InChI=1S/C32H18N4O2.Pt/c1-3-11-27-23(7-1)31-25(9-5-13-29(31)37-27)33-17-21-15-16-22-18-34(20-36(22)35(21)19-33)26-10-6-14-30-32(26)24-8-2-4-12-28(24)38-30;/h1-6,9-20H;/q-4;+4. The maximum absolute atomic E-state index is 6.10. The zero-order valence-corrected chi connectivity index (χ0v) is 22.6. The monoisotopic (exact) mass is 685 g/mol. The van der Waals surface area contributed by atoms with Gasteiger partial charge >= 0.3 is 21.1 Å². The number of aromatic nitrogens is 4. The second-order valence-electron chi connectivity index (χ2n) is 9.50. The fourth-order valence-corrected chi connectivity index (χ4v) is 5.65. The molecule has 0 spiro atoms. The third kappa shape index (κ3) is 3.12. The quantitative estimate of drug-likeness (QED) is 0.175. The van der Waals surface area contributed by atoms with Crippen molar-refractivity contribution in [1.29, 1.82) is 0 Å². The fraction of sp³-hybridized carbons (Fsp3) is 0. The Morgan fingerprint density at radius 3 is 1.49 bits per heavy atom. The molecule has 0 amide bonds. The topological polar surface area (TPSA) is 46.0 Å². The summed E-state index contributed by atoms with van der Waals surface area (Å²) in [5.41, 5.74) is 7.60. The molecule has 3 aliphatic heterocycles. The number of fused-ring (bicyclic) bond motifs is 9. The molecule has 0 saturated heterocycles. The van der Waals surface area contributed by atoms with E-state index in [0.29, 0.717) is 0 Å². The maximum Gasteiger partial charge on any atom is 4.00 e. The number of rotatable bonds is 2. The van der Waals surface area contributed by atoms with E-state index in [1.165, 1.54) is 0 Å². The summed E-state index contributed by atoms with van der Waals surface area (Å²) in [6.07, 6.45) is 8.48. The van der Waals surface area contributed by atoms with Crippen molar-refractivity contribution in [3.63, 3.8) is 0 Å². The van der Waals surface area contributed by atoms with Crippen LogP contribution in [0.5, 0.6) is 0 Å². The summed E-state index contributed by atoms with van der Waals surface area (Å²) in [5, 5.41) is 4.08. The van der Waals surface area contributed by atoms with E-state index in [-0.39, 0.29) is 21.1 Å². The van der Waals surface area contributed by atoms with Gasteiger partial charge < -0.3 is 27.3 Å². The minimum absolute atomic E-state index is 0. The molecule has 0 saturated carbocycles. The Labute approximate surface area is 236 Å². The first-order valence-electron chi connectivity index (χ1n) is 12.4. The number of nitrogens with zero attached hydrogens (tertiary/aromatic N) is 4. The molecule has 0 N–H and O–H groups in total. The molecule has 9 rings (SSSR count). The number of hydrogen-bond acceptors (Lipinski definition) is 2. The largest absolute Gasteiger partial charge is 4.00 e. The second kappa shape index (κ2) is 8.16. The Kier molecular flexibility index (Phi) is 4.67. The van der Waals surface area contributed by atoms with Crippen molar-refractivity contribution in [1.82, 2.24) is 18.5 Å². The summed E-state index contributed by atoms with van der Waals surface area (Å²) in [7, 11) is 0. The van der Waals surface area contributed by atoms with Gasteiger partial charge in [-0.25, -0.2) is 0 Å². The van der Waals surface area contributed by atoms with Crippen LogP contribution >= 0.6 is 0 Å². The normalized spacial score (nSPS) is 11.9. The van der Waals surface area contributed by atoms with Crippen LogP contribution in [0.3, 0.4) is 0 Å². The van der Waals surface area contributed by atoms with Crippen molar-refractivity contribution in [3.8, 4) is 22.7 Å². The van der Waals surface area contributed by atoms with E-state index in [1.54, 1.807) is 0 Å². The predicted octanol–water partition coefficient (Wildman–Crippen LogP) is 7.68. The van der Waals surface area contributed by atoms with Crippen LogP contribution in [0.1, 0.15) is 0 Å². The van der Waals surface area contributed by atoms with E-state index in [4.69, 9.17) is 8.83 Å². The first kappa shape index (κ1) is 22.3. The molecule has 3 aliphatic rings. The van der Waals surface area contributed by atoms with Gasteiger partial charge in [-0.15, -0.1) is 59.3 Å². The van der Waals surface area contributed by atoms with Crippen molar-refractivity contribution >= 4 is 43.9 Å². The molecular weight excluding hydrogens is 667 g/mol. The second-order valence-corrected chi connectivity index (χ2v) is 9.50. The molecule has 6 aromatic rings. The Hall–Kier alpha value is -4.67. The molecule has 5 heterocycles. The predicted molar refractivity (Wildman–Crippen MR) is 147 cm³/mol. The van der Waals surface area contributed by atoms with Gasteiger partial charge in [0.1, 0.15) is 0 Å². The van der Waals surface area contributed by atoms with E-state index in [1.807, 2.05) is 60.7 Å². The van der Waals surface area contributed by atoms with E-state index in [9.17, 15) is 0 Å². The van der Waals surface area contributed by atoms with Gasteiger partial charge in [-0.2, -0.15) is 0 Å². The smallest absolute Gasteiger partial charge is 0.511 e. The molecule has 0 atom stereocenters. The van der Waals surface area contributed by atoms with E-state index < -0.39 is 0 Å². The third-order valence-corrected chi connectivity index (χ3v) is 7.34. The van der Waals surface area contributed by atoms with Crippen molar-refractivity contribution in [2.45, 2.75) is 0 Å². The first-order valence-corrected chi connectivity index (χ1v) is 12.4. The van der Waals surface area contributed by atoms with Crippen molar-refractivity contribution in [3.05, 3.63) is 122 Å². The van der Waals surface area contributed by atoms with Crippen LogP contribution in [-0.4, -0.2) is 18.5 Å². The summed E-state index contributed by atoms with van der Waals surface area (Å²) in [6.45, 7) is 0. The van der Waals surface area contributed by atoms with Crippen LogP contribution in [-0.2, 0) is 21.1 Å². The molecule has 0 bridgehead atoms. The molecule has 39 heavy (non-hydrogen) atoms. The van der Waals surface area contributed by atoms with Crippen LogP contribution in [0.15, 0.2) is 119 Å². The zero-order chi connectivity index (χ0) is 24.8. The van der Waals surface area contributed by atoms with Crippen molar-refractivity contribution in [2.24, 2.45) is 0 Å². The number of benzene rings is 4. The fourth-order valence-electron chi connectivity index (χ4n) is 5.65. The average Bonchev–Trinajstić information content (AvgIpc) is 3.73.